The zero-order valence-electron chi connectivity index (χ0n) is 8.53. The van der Waals surface area contributed by atoms with Gasteiger partial charge in [-0.05, 0) is 31.0 Å². The molecule has 1 aliphatic rings. The van der Waals surface area contributed by atoms with Gasteiger partial charge in [-0.15, -0.1) is 11.8 Å². The monoisotopic (exact) mass is 242 g/mol. The second kappa shape index (κ2) is 5.24. The van der Waals surface area contributed by atoms with Crippen LogP contribution in [0.5, 0.6) is 0 Å². The summed E-state index contributed by atoms with van der Waals surface area (Å²) in [5.74, 6) is 0. The van der Waals surface area contributed by atoms with Gasteiger partial charge in [0.2, 0.25) is 0 Å². The largest absolute Gasteiger partial charge is 0.392 e. The molecule has 1 aliphatic carbocycles. The van der Waals surface area contributed by atoms with E-state index in [0.717, 1.165) is 29.2 Å². The fourth-order valence-electron chi connectivity index (χ4n) is 1.93. The lowest BCUT2D eigenvalue weighted by molar-refractivity contribution is 0.137. The summed E-state index contributed by atoms with van der Waals surface area (Å²) in [7, 11) is 0. The van der Waals surface area contributed by atoms with E-state index in [1.165, 1.54) is 6.42 Å². The van der Waals surface area contributed by atoms with Crippen molar-refractivity contribution in [2.45, 2.75) is 41.9 Å². The Hall–Kier alpha value is -0.180. The maximum atomic E-state index is 9.85. The van der Waals surface area contributed by atoms with Crippen LogP contribution in [0.2, 0.25) is 5.02 Å². The van der Waals surface area contributed by atoms with E-state index in [1.54, 1.807) is 11.8 Å². The van der Waals surface area contributed by atoms with E-state index in [0.29, 0.717) is 5.25 Å². The van der Waals surface area contributed by atoms with Crippen molar-refractivity contribution >= 4 is 23.4 Å². The number of hydrogen-bond acceptors (Lipinski definition) is 2. The number of rotatable bonds is 2. The number of aliphatic hydroxyl groups excluding tert-OH is 1. The number of thioether (sulfide) groups is 1. The third-order valence-electron chi connectivity index (χ3n) is 2.75. The highest BCUT2D eigenvalue weighted by Crippen LogP contribution is 2.34. The van der Waals surface area contributed by atoms with E-state index in [-0.39, 0.29) is 6.10 Å². The van der Waals surface area contributed by atoms with Gasteiger partial charge in [-0.25, -0.2) is 0 Å². The molecule has 1 aromatic rings. The van der Waals surface area contributed by atoms with E-state index in [4.69, 9.17) is 11.6 Å². The molecule has 2 unspecified atom stereocenters. The minimum absolute atomic E-state index is 0.150. The Balaban J connectivity index is 2.01. The van der Waals surface area contributed by atoms with Crippen LogP contribution in [0.15, 0.2) is 29.2 Å². The normalized spacial score (nSPS) is 26.5. The van der Waals surface area contributed by atoms with Crippen molar-refractivity contribution in [3.05, 3.63) is 29.3 Å². The Morgan fingerprint density at radius 1 is 1.27 bits per heavy atom. The Morgan fingerprint density at radius 3 is 2.80 bits per heavy atom. The van der Waals surface area contributed by atoms with Crippen LogP contribution in [0.1, 0.15) is 25.7 Å². The van der Waals surface area contributed by atoms with Crippen molar-refractivity contribution in [1.29, 1.82) is 0 Å². The second-order valence-electron chi connectivity index (χ2n) is 3.97. The number of aliphatic hydroxyl groups is 1. The zero-order valence-corrected chi connectivity index (χ0v) is 10.1. The summed E-state index contributed by atoms with van der Waals surface area (Å²) in [6.45, 7) is 0. The molecule has 0 aromatic heterocycles. The van der Waals surface area contributed by atoms with Crippen molar-refractivity contribution in [3.63, 3.8) is 0 Å². The van der Waals surface area contributed by atoms with Gasteiger partial charge >= 0.3 is 0 Å². The van der Waals surface area contributed by atoms with Crippen molar-refractivity contribution in [2.75, 3.05) is 0 Å². The summed E-state index contributed by atoms with van der Waals surface area (Å²) >= 11 is 7.68. The van der Waals surface area contributed by atoms with Crippen LogP contribution in [0.25, 0.3) is 0 Å². The van der Waals surface area contributed by atoms with E-state index >= 15 is 0 Å². The summed E-state index contributed by atoms with van der Waals surface area (Å²) in [6.07, 6.45) is 4.29. The quantitative estimate of drug-likeness (QED) is 0.853. The van der Waals surface area contributed by atoms with Crippen LogP contribution in [0.4, 0.5) is 0 Å². The van der Waals surface area contributed by atoms with Crippen molar-refractivity contribution in [3.8, 4) is 0 Å². The average molecular weight is 243 g/mol. The van der Waals surface area contributed by atoms with Gasteiger partial charge in [0.15, 0.2) is 0 Å². The van der Waals surface area contributed by atoms with Crippen LogP contribution < -0.4 is 0 Å². The first-order valence-electron chi connectivity index (χ1n) is 5.36. The first-order chi connectivity index (χ1) is 7.25. The van der Waals surface area contributed by atoms with Crippen molar-refractivity contribution in [1.82, 2.24) is 0 Å². The van der Waals surface area contributed by atoms with Crippen LogP contribution in [0, 0.1) is 0 Å². The lowest BCUT2D eigenvalue weighted by Gasteiger charge is -2.26. The molecule has 2 atom stereocenters. The predicted molar refractivity (Wildman–Crippen MR) is 65.6 cm³/mol. The van der Waals surface area contributed by atoms with Crippen LogP contribution in [0.3, 0.4) is 0 Å². The molecule has 1 saturated carbocycles. The Labute approximate surface area is 99.8 Å². The molecule has 0 amide bonds. The molecular formula is C12H15ClOS. The molecule has 1 N–H and O–H groups in total. The molecule has 82 valence electrons. The molecule has 15 heavy (non-hydrogen) atoms. The van der Waals surface area contributed by atoms with Gasteiger partial charge in [0.1, 0.15) is 0 Å². The summed E-state index contributed by atoms with van der Waals surface area (Å²) in [5.41, 5.74) is 0. The molecule has 1 fully saturated rings. The standard InChI is InChI=1S/C12H15ClOS/c13-9-4-3-5-10(8-9)15-12-7-2-1-6-11(12)14/h3-5,8,11-12,14H,1-2,6-7H2. The molecule has 3 heteroatoms. The highest BCUT2D eigenvalue weighted by Gasteiger charge is 2.23. The second-order valence-corrected chi connectivity index (χ2v) is 5.71. The molecule has 0 bridgehead atoms. The van der Waals surface area contributed by atoms with Gasteiger partial charge < -0.3 is 5.11 Å². The minimum atomic E-state index is -0.150. The topological polar surface area (TPSA) is 20.2 Å². The Morgan fingerprint density at radius 2 is 2.07 bits per heavy atom. The Kier molecular flexibility index (Phi) is 3.95. The predicted octanol–water partition coefficient (Wildman–Crippen LogP) is 3.74. The molecule has 0 aliphatic heterocycles. The zero-order chi connectivity index (χ0) is 10.7. The number of benzene rings is 1. The highest BCUT2D eigenvalue weighted by molar-refractivity contribution is 8.00. The molecule has 1 nitrogen and oxygen atoms in total. The Bertz CT molecular complexity index is 329. The molecule has 1 aromatic carbocycles. The summed E-state index contributed by atoms with van der Waals surface area (Å²) < 4.78 is 0. The number of halogens is 1. The van der Waals surface area contributed by atoms with Gasteiger partial charge in [-0.3, -0.25) is 0 Å². The van der Waals surface area contributed by atoms with Gasteiger partial charge in [-0.1, -0.05) is 30.5 Å². The lowest BCUT2D eigenvalue weighted by Crippen LogP contribution is -2.26. The van der Waals surface area contributed by atoms with Crippen molar-refractivity contribution < 1.29 is 5.11 Å². The number of hydrogen-bond donors (Lipinski definition) is 1. The third kappa shape index (κ3) is 3.13. The lowest BCUT2D eigenvalue weighted by atomic mass is 9.97. The molecular weight excluding hydrogens is 228 g/mol. The van der Waals surface area contributed by atoms with E-state index in [1.807, 2.05) is 18.2 Å². The van der Waals surface area contributed by atoms with E-state index < -0.39 is 0 Å². The van der Waals surface area contributed by atoms with E-state index in [2.05, 4.69) is 6.07 Å². The fourth-order valence-corrected chi connectivity index (χ4v) is 3.46. The van der Waals surface area contributed by atoms with Crippen LogP contribution in [-0.2, 0) is 0 Å². The van der Waals surface area contributed by atoms with Gasteiger partial charge in [0, 0.05) is 15.2 Å². The highest BCUT2D eigenvalue weighted by atomic mass is 35.5. The van der Waals surface area contributed by atoms with E-state index in [9.17, 15) is 5.11 Å². The maximum Gasteiger partial charge on any atom is 0.0662 e. The molecule has 0 heterocycles. The average Bonchev–Trinajstić information content (AvgIpc) is 2.22. The fraction of sp³-hybridized carbons (Fsp3) is 0.500. The molecule has 0 radical (unpaired) electrons. The van der Waals surface area contributed by atoms with Gasteiger partial charge in [0.25, 0.3) is 0 Å². The van der Waals surface area contributed by atoms with Gasteiger partial charge in [-0.2, -0.15) is 0 Å². The summed E-state index contributed by atoms with van der Waals surface area (Å²) in [6, 6.07) is 7.86. The van der Waals surface area contributed by atoms with Crippen LogP contribution >= 0.6 is 23.4 Å². The third-order valence-corrected chi connectivity index (χ3v) is 4.37. The van der Waals surface area contributed by atoms with Crippen molar-refractivity contribution in [2.24, 2.45) is 0 Å². The van der Waals surface area contributed by atoms with Gasteiger partial charge in [0.05, 0.1) is 6.10 Å². The minimum Gasteiger partial charge on any atom is -0.392 e. The first-order valence-corrected chi connectivity index (χ1v) is 6.62. The molecule has 0 saturated heterocycles. The van der Waals surface area contributed by atoms with Crippen LogP contribution in [-0.4, -0.2) is 16.5 Å². The molecule has 0 spiro atoms. The smallest absolute Gasteiger partial charge is 0.0662 e. The maximum absolute atomic E-state index is 9.85. The summed E-state index contributed by atoms with van der Waals surface area (Å²) in [4.78, 5) is 1.16. The first kappa shape index (κ1) is 11.3. The molecule has 2 rings (SSSR count). The SMILES string of the molecule is OC1CCCCC1Sc1cccc(Cl)c1. The summed E-state index contributed by atoms with van der Waals surface area (Å²) in [5, 5.41) is 11.0.